The van der Waals surface area contributed by atoms with E-state index < -0.39 is 0 Å². The van der Waals surface area contributed by atoms with E-state index >= 15 is 0 Å². The van der Waals surface area contributed by atoms with Gasteiger partial charge in [-0.15, -0.1) is 0 Å². The second kappa shape index (κ2) is 5.17. The molecular weight excluding hydrogens is 216 g/mol. The van der Waals surface area contributed by atoms with Crippen molar-refractivity contribution in [3.05, 3.63) is 34.2 Å². The van der Waals surface area contributed by atoms with Gasteiger partial charge >= 0.3 is 0 Å². The number of likely N-dealkylation sites (tertiary alicyclic amines) is 1. The Balaban J connectivity index is 2.04. The standard InChI is InChI=1S/C13H18N2O2/c1-11-5-8-15(12(16)9-11)10-13(17)14-6-3-2-4-7-14/h5,8-9H,2-4,6-7,10H2,1H3. The van der Waals surface area contributed by atoms with Crippen molar-refractivity contribution in [1.82, 2.24) is 9.47 Å². The largest absolute Gasteiger partial charge is 0.341 e. The second-order valence-corrected chi connectivity index (χ2v) is 4.61. The van der Waals surface area contributed by atoms with E-state index in [4.69, 9.17) is 0 Å². The van der Waals surface area contributed by atoms with Gasteiger partial charge in [0.05, 0.1) is 0 Å². The molecule has 1 fully saturated rings. The third-order valence-electron chi connectivity index (χ3n) is 3.17. The monoisotopic (exact) mass is 234 g/mol. The highest BCUT2D eigenvalue weighted by atomic mass is 16.2. The molecule has 1 aliphatic rings. The van der Waals surface area contributed by atoms with Gasteiger partial charge in [0.15, 0.2) is 0 Å². The maximum absolute atomic E-state index is 12.0. The summed E-state index contributed by atoms with van der Waals surface area (Å²) < 4.78 is 1.48. The quantitative estimate of drug-likeness (QED) is 0.771. The third kappa shape index (κ3) is 2.96. The van der Waals surface area contributed by atoms with Crippen molar-refractivity contribution in [3.63, 3.8) is 0 Å². The molecule has 0 unspecified atom stereocenters. The van der Waals surface area contributed by atoms with Crippen LogP contribution in [0.2, 0.25) is 0 Å². The van der Waals surface area contributed by atoms with Crippen molar-refractivity contribution < 1.29 is 4.79 Å². The van der Waals surface area contributed by atoms with Crippen molar-refractivity contribution >= 4 is 5.91 Å². The Bertz CT molecular complexity index is 459. The number of pyridine rings is 1. The molecule has 92 valence electrons. The van der Waals surface area contributed by atoms with Crippen LogP contribution >= 0.6 is 0 Å². The van der Waals surface area contributed by atoms with Crippen LogP contribution in [0.15, 0.2) is 23.1 Å². The molecule has 0 aromatic carbocycles. The van der Waals surface area contributed by atoms with E-state index in [-0.39, 0.29) is 18.0 Å². The average molecular weight is 234 g/mol. The van der Waals surface area contributed by atoms with Gasteiger partial charge in [-0.2, -0.15) is 0 Å². The van der Waals surface area contributed by atoms with Gasteiger partial charge in [0, 0.05) is 25.4 Å². The van der Waals surface area contributed by atoms with Gasteiger partial charge in [-0.1, -0.05) is 0 Å². The smallest absolute Gasteiger partial charge is 0.251 e. The van der Waals surface area contributed by atoms with Crippen LogP contribution in [-0.2, 0) is 11.3 Å². The molecule has 0 saturated carbocycles. The minimum absolute atomic E-state index is 0.0515. The number of aryl methyl sites for hydroxylation is 1. The normalized spacial score (nSPS) is 15.9. The van der Waals surface area contributed by atoms with Crippen LogP contribution in [-0.4, -0.2) is 28.5 Å². The third-order valence-corrected chi connectivity index (χ3v) is 3.17. The van der Waals surface area contributed by atoms with Crippen LogP contribution in [0.5, 0.6) is 0 Å². The zero-order valence-electron chi connectivity index (χ0n) is 10.2. The Kier molecular flexibility index (Phi) is 3.61. The molecule has 1 amide bonds. The number of nitrogens with zero attached hydrogens (tertiary/aromatic N) is 2. The lowest BCUT2D eigenvalue weighted by atomic mass is 10.1. The lowest BCUT2D eigenvalue weighted by molar-refractivity contribution is -0.132. The number of amides is 1. The molecule has 4 nitrogen and oxygen atoms in total. The van der Waals surface area contributed by atoms with Crippen molar-refractivity contribution in [2.75, 3.05) is 13.1 Å². The van der Waals surface area contributed by atoms with Crippen molar-refractivity contribution in [1.29, 1.82) is 0 Å². The number of piperidine rings is 1. The Labute approximate surface area is 101 Å². The summed E-state index contributed by atoms with van der Waals surface area (Å²) in [5.74, 6) is 0.0515. The molecule has 2 heterocycles. The molecular formula is C13H18N2O2. The summed E-state index contributed by atoms with van der Waals surface area (Å²) in [5, 5.41) is 0. The van der Waals surface area contributed by atoms with E-state index in [0.717, 1.165) is 31.5 Å². The van der Waals surface area contributed by atoms with Crippen molar-refractivity contribution in [2.24, 2.45) is 0 Å². The topological polar surface area (TPSA) is 42.3 Å². The summed E-state index contributed by atoms with van der Waals surface area (Å²) in [5.41, 5.74) is 0.826. The molecule has 1 aromatic heterocycles. The fourth-order valence-electron chi connectivity index (χ4n) is 2.13. The summed E-state index contributed by atoms with van der Waals surface area (Å²) >= 11 is 0. The van der Waals surface area contributed by atoms with E-state index in [2.05, 4.69) is 0 Å². The van der Waals surface area contributed by atoms with Crippen LogP contribution in [0.25, 0.3) is 0 Å². The maximum Gasteiger partial charge on any atom is 0.251 e. The molecule has 0 aliphatic carbocycles. The van der Waals surface area contributed by atoms with Crippen LogP contribution in [0.4, 0.5) is 0 Å². The second-order valence-electron chi connectivity index (χ2n) is 4.61. The number of carbonyl (C=O) groups is 1. The molecule has 1 saturated heterocycles. The lowest BCUT2D eigenvalue weighted by Gasteiger charge is -2.26. The first-order chi connectivity index (χ1) is 8.16. The molecule has 0 N–H and O–H groups in total. The SMILES string of the molecule is Cc1ccn(CC(=O)N2CCCCC2)c(=O)c1. The Morgan fingerprint density at radius 1 is 1.29 bits per heavy atom. The summed E-state index contributed by atoms with van der Waals surface area (Å²) in [7, 11) is 0. The van der Waals surface area contributed by atoms with Gasteiger partial charge in [-0.25, -0.2) is 0 Å². The molecule has 1 aromatic rings. The average Bonchev–Trinajstić information content (AvgIpc) is 2.34. The highest BCUT2D eigenvalue weighted by molar-refractivity contribution is 5.76. The number of hydrogen-bond donors (Lipinski definition) is 0. The van der Waals surface area contributed by atoms with E-state index in [9.17, 15) is 9.59 Å². The lowest BCUT2D eigenvalue weighted by Crippen LogP contribution is -2.39. The predicted molar refractivity (Wildman–Crippen MR) is 65.9 cm³/mol. The van der Waals surface area contributed by atoms with E-state index in [1.807, 2.05) is 17.9 Å². The Hall–Kier alpha value is -1.58. The minimum atomic E-state index is -0.102. The van der Waals surface area contributed by atoms with Gasteiger partial charge in [-0.05, 0) is 37.8 Å². The molecule has 0 radical (unpaired) electrons. The molecule has 4 heteroatoms. The maximum atomic E-state index is 12.0. The number of rotatable bonds is 2. The van der Waals surface area contributed by atoms with E-state index in [0.29, 0.717) is 0 Å². The van der Waals surface area contributed by atoms with Crippen molar-refractivity contribution in [3.8, 4) is 0 Å². The summed E-state index contributed by atoms with van der Waals surface area (Å²) in [6, 6.07) is 3.41. The molecule has 17 heavy (non-hydrogen) atoms. The first-order valence-electron chi connectivity index (χ1n) is 6.12. The van der Waals surface area contributed by atoms with Crippen LogP contribution in [0, 0.1) is 6.92 Å². The molecule has 0 atom stereocenters. The fraction of sp³-hybridized carbons (Fsp3) is 0.538. The molecule has 2 rings (SSSR count). The summed E-state index contributed by atoms with van der Waals surface area (Å²) in [6.07, 6.45) is 5.05. The zero-order valence-corrected chi connectivity index (χ0v) is 10.2. The first-order valence-corrected chi connectivity index (χ1v) is 6.12. The first kappa shape index (κ1) is 11.9. The highest BCUT2D eigenvalue weighted by Gasteiger charge is 2.16. The van der Waals surface area contributed by atoms with E-state index in [1.54, 1.807) is 12.3 Å². The fourth-order valence-corrected chi connectivity index (χ4v) is 2.13. The zero-order chi connectivity index (χ0) is 12.3. The van der Waals surface area contributed by atoms with Crippen LogP contribution in [0.1, 0.15) is 24.8 Å². The Morgan fingerprint density at radius 2 is 2.00 bits per heavy atom. The van der Waals surface area contributed by atoms with Crippen molar-refractivity contribution in [2.45, 2.75) is 32.7 Å². The van der Waals surface area contributed by atoms with Gasteiger partial charge in [-0.3, -0.25) is 9.59 Å². The van der Waals surface area contributed by atoms with Crippen LogP contribution in [0.3, 0.4) is 0 Å². The minimum Gasteiger partial charge on any atom is -0.341 e. The van der Waals surface area contributed by atoms with Crippen LogP contribution < -0.4 is 5.56 Å². The number of aromatic nitrogens is 1. The van der Waals surface area contributed by atoms with E-state index in [1.165, 1.54) is 11.0 Å². The summed E-state index contributed by atoms with van der Waals surface area (Å²) in [6.45, 7) is 3.70. The predicted octanol–water partition coefficient (Wildman–Crippen LogP) is 1.17. The van der Waals surface area contributed by atoms with Gasteiger partial charge in [0.25, 0.3) is 5.56 Å². The molecule has 1 aliphatic heterocycles. The number of hydrogen-bond acceptors (Lipinski definition) is 2. The summed E-state index contributed by atoms with van der Waals surface area (Å²) in [4.78, 5) is 25.5. The van der Waals surface area contributed by atoms with Gasteiger partial charge in [0.2, 0.25) is 5.91 Å². The van der Waals surface area contributed by atoms with Gasteiger partial charge in [0.1, 0.15) is 6.54 Å². The van der Waals surface area contributed by atoms with Gasteiger partial charge < -0.3 is 9.47 Å². The highest BCUT2D eigenvalue weighted by Crippen LogP contribution is 2.09. The molecule has 0 spiro atoms. The number of carbonyl (C=O) groups excluding carboxylic acids is 1. The Morgan fingerprint density at radius 3 is 2.65 bits per heavy atom. The molecule has 0 bridgehead atoms.